The van der Waals surface area contributed by atoms with Gasteiger partial charge in [0.2, 0.25) is 5.88 Å². The van der Waals surface area contributed by atoms with Gasteiger partial charge in [0, 0.05) is 50.4 Å². The van der Waals surface area contributed by atoms with Crippen LogP contribution in [0.25, 0.3) is 0 Å². The molecule has 3 rings (SSSR count). The summed E-state index contributed by atoms with van der Waals surface area (Å²) in [6, 6.07) is 4.13. The van der Waals surface area contributed by atoms with Crippen molar-refractivity contribution < 1.29 is 9.53 Å². The first kappa shape index (κ1) is 16.8. The van der Waals surface area contributed by atoms with Crippen LogP contribution in [0.5, 0.6) is 5.88 Å². The number of carbonyl (C=O) groups is 1. The molecular formula is C17H27N5O2. The number of rotatable bonds is 1. The molecule has 2 N–H and O–H groups in total. The normalized spacial score (nSPS) is 18.5. The summed E-state index contributed by atoms with van der Waals surface area (Å²) in [5, 5.41) is 6.33. The maximum absolute atomic E-state index is 12.2. The zero-order valence-corrected chi connectivity index (χ0v) is 14.8. The molecule has 0 saturated carbocycles. The van der Waals surface area contributed by atoms with Crippen molar-refractivity contribution in [2.75, 3.05) is 44.2 Å². The van der Waals surface area contributed by atoms with Crippen LogP contribution in [-0.4, -0.2) is 60.8 Å². The summed E-state index contributed by atoms with van der Waals surface area (Å²) in [5.41, 5.74) is 0.887. The van der Waals surface area contributed by atoms with Gasteiger partial charge in [0.15, 0.2) is 0 Å². The number of aromatic nitrogens is 1. The van der Waals surface area contributed by atoms with E-state index in [-0.39, 0.29) is 11.6 Å². The number of urea groups is 1. The summed E-state index contributed by atoms with van der Waals surface area (Å²) in [6.45, 7) is 11.2. The molecule has 2 aliphatic rings. The van der Waals surface area contributed by atoms with Crippen molar-refractivity contribution in [3.8, 4) is 5.88 Å². The van der Waals surface area contributed by atoms with Crippen molar-refractivity contribution in [2.24, 2.45) is 0 Å². The number of ether oxygens (including phenoxy) is 1. The second-order valence-corrected chi connectivity index (χ2v) is 7.31. The molecule has 2 amide bonds. The number of hydrogen-bond acceptors (Lipinski definition) is 5. The molecule has 7 heteroatoms. The second kappa shape index (κ2) is 6.84. The zero-order valence-electron chi connectivity index (χ0n) is 14.8. The predicted octanol–water partition coefficient (Wildman–Crippen LogP) is 1.19. The Kier molecular flexibility index (Phi) is 4.80. The largest absolute Gasteiger partial charge is 0.476 e. The van der Waals surface area contributed by atoms with Crippen molar-refractivity contribution in [3.05, 3.63) is 17.7 Å². The van der Waals surface area contributed by atoms with E-state index in [4.69, 9.17) is 4.74 Å². The van der Waals surface area contributed by atoms with E-state index in [0.717, 1.165) is 43.4 Å². The molecule has 0 atom stereocenters. The Morgan fingerprint density at radius 3 is 2.71 bits per heavy atom. The maximum Gasteiger partial charge on any atom is 0.317 e. The number of anilines is 1. The maximum atomic E-state index is 12.2. The van der Waals surface area contributed by atoms with E-state index in [1.165, 1.54) is 0 Å². The average Bonchev–Trinajstić information content (AvgIpc) is 2.78. The molecule has 0 spiro atoms. The number of carbonyl (C=O) groups excluding carboxylic acids is 1. The number of nitrogens with zero attached hydrogens (tertiary/aromatic N) is 3. The van der Waals surface area contributed by atoms with Crippen LogP contribution < -0.4 is 20.3 Å². The summed E-state index contributed by atoms with van der Waals surface area (Å²) in [4.78, 5) is 21.0. The molecule has 2 aliphatic heterocycles. The molecule has 1 saturated heterocycles. The van der Waals surface area contributed by atoms with Gasteiger partial charge in [-0.05, 0) is 32.9 Å². The number of fused-ring (bicyclic) bond motifs is 1. The quantitative estimate of drug-likeness (QED) is 0.808. The Labute approximate surface area is 143 Å². The Hall–Kier alpha value is -2.02. The fourth-order valence-corrected chi connectivity index (χ4v) is 2.88. The second-order valence-electron chi connectivity index (χ2n) is 7.31. The Morgan fingerprint density at radius 1 is 1.25 bits per heavy atom. The molecule has 0 aromatic carbocycles. The SMILES string of the molecule is CC(C)(C)NC(=O)N1CCN(c2ccc3c(n2)OCCNC3)CC1. The molecule has 1 aromatic heterocycles. The average molecular weight is 333 g/mol. The third-order valence-corrected chi connectivity index (χ3v) is 4.13. The minimum Gasteiger partial charge on any atom is -0.476 e. The number of hydrogen-bond donors (Lipinski definition) is 2. The molecule has 0 radical (unpaired) electrons. The van der Waals surface area contributed by atoms with Gasteiger partial charge in [0.1, 0.15) is 12.4 Å². The highest BCUT2D eigenvalue weighted by Crippen LogP contribution is 2.23. The fraction of sp³-hybridized carbons (Fsp3) is 0.647. The van der Waals surface area contributed by atoms with Gasteiger partial charge < -0.3 is 25.2 Å². The standard InChI is InChI=1S/C17H27N5O2/c1-17(2,3)20-16(23)22-9-7-21(8-10-22)14-5-4-13-12-18-6-11-24-15(13)19-14/h4-5,18H,6-12H2,1-3H3,(H,20,23). The van der Waals surface area contributed by atoms with Crippen LogP contribution in [0.2, 0.25) is 0 Å². The highest BCUT2D eigenvalue weighted by molar-refractivity contribution is 5.75. The molecule has 0 aliphatic carbocycles. The van der Waals surface area contributed by atoms with Gasteiger partial charge in [-0.15, -0.1) is 0 Å². The van der Waals surface area contributed by atoms with Crippen molar-refractivity contribution in [3.63, 3.8) is 0 Å². The third-order valence-electron chi connectivity index (χ3n) is 4.13. The summed E-state index contributed by atoms with van der Waals surface area (Å²) >= 11 is 0. The summed E-state index contributed by atoms with van der Waals surface area (Å²) in [5.74, 6) is 1.65. The van der Waals surface area contributed by atoms with Crippen molar-refractivity contribution in [1.29, 1.82) is 0 Å². The monoisotopic (exact) mass is 333 g/mol. The molecule has 1 aromatic rings. The van der Waals surface area contributed by atoms with Crippen molar-refractivity contribution >= 4 is 11.8 Å². The number of pyridine rings is 1. The van der Waals surface area contributed by atoms with Gasteiger partial charge in [-0.2, -0.15) is 4.98 Å². The molecule has 3 heterocycles. The molecule has 24 heavy (non-hydrogen) atoms. The molecule has 1 fully saturated rings. The van der Waals surface area contributed by atoms with E-state index in [1.807, 2.05) is 31.7 Å². The highest BCUT2D eigenvalue weighted by atomic mass is 16.5. The lowest BCUT2D eigenvalue weighted by atomic mass is 10.1. The van der Waals surface area contributed by atoms with E-state index in [2.05, 4.69) is 26.6 Å². The minimum absolute atomic E-state index is 0.00597. The van der Waals surface area contributed by atoms with Gasteiger partial charge in [0.25, 0.3) is 0 Å². The van der Waals surface area contributed by atoms with Crippen molar-refractivity contribution in [1.82, 2.24) is 20.5 Å². The van der Waals surface area contributed by atoms with Gasteiger partial charge in [0.05, 0.1) is 0 Å². The van der Waals surface area contributed by atoms with E-state index in [1.54, 1.807) is 0 Å². The molecule has 0 unspecified atom stereocenters. The van der Waals surface area contributed by atoms with Crippen LogP contribution in [-0.2, 0) is 6.54 Å². The van der Waals surface area contributed by atoms with Crippen LogP contribution in [0.15, 0.2) is 12.1 Å². The van der Waals surface area contributed by atoms with Crippen LogP contribution in [0.1, 0.15) is 26.3 Å². The van der Waals surface area contributed by atoms with E-state index >= 15 is 0 Å². The first-order valence-corrected chi connectivity index (χ1v) is 8.58. The van der Waals surface area contributed by atoms with Crippen LogP contribution in [0.4, 0.5) is 10.6 Å². The lowest BCUT2D eigenvalue weighted by molar-refractivity contribution is 0.185. The third kappa shape index (κ3) is 4.08. The molecule has 132 valence electrons. The Balaban J connectivity index is 1.61. The van der Waals surface area contributed by atoms with Gasteiger partial charge in [-0.3, -0.25) is 0 Å². The van der Waals surface area contributed by atoms with E-state index in [9.17, 15) is 4.79 Å². The Bertz CT molecular complexity index is 591. The summed E-state index contributed by atoms with van der Waals surface area (Å²) in [6.07, 6.45) is 0. The summed E-state index contributed by atoms with van der Waals surface area (Å²) < 4.78 is 5.72. The van der Waals surface area contributed by atoms with Crippen LogP contribution in [0, 0.1) is 0 Å². The first-order chi connectivity index (χ1) is 11.4. The fourth-order valence-electron chi connectivity index (χ4n) is 2.88. The smallest absolute Gasteiger partial charge is 0.317 e. The number of nitrogens with one attached hydrogen (secondary N) is 2. The topological polar surface area (TPSA) is 69.7 Å². The van der Waals surface area contributed by atoms with E-state index in [0.29, 0.717) is 19.7 Å². The van der Waals surface area contributed by atoms with Gasteiger partial charge in [-0.25, -0.2) is 4.79 Å². The molecule has 7 nitrogen and oxygen atoms in total. The van der Waals surface area contributed by atoms with Gasteiger partial charge >= 0.3 is 6.03 Å². The van der Waals surface area contributed by atoms with Crippen molar-refractivity contribution in [2.45, 2.75) is 32.9 Å². The van der Waals surface area contributed by atoms with E-state index < -0.39 is 0 Å². The minimum atomic E-state index is -0.210. The number of piperazine rings is 1. The lowest BCUT2D eigenvalue weighted by Gasteiger charge is -2.37. The molecule has 0 bridgehead atoms. The van der Waals surface area contributed by atoms with Crippen LogP contribution in [0.3, 0.4) is 0 Å². The zero-order chi connectivity index (χ0) is 17.2. The van der Waals surface area contributed by atoms with Gasteiger partial charge in [-0.1, -0.05) is 0 Å². The Morgan fingerprint density at radius 2 is 2.00 bits per heavy atom. The lowest BCUT2D eigenvalue weighted by Crippen LogP contribution is -2.55. The summed E-state index contributed by atoms with van der Waals surface area (Å²) in [7, 11) is 0. The van der Waals surface area contributed by atoms with Crippen LogP contribution >= 0.6 is 0 Å². The highest BCUT2D eigenvalue weighted by Gasteiger charge is 2.25. The predicted molar refractivity (Wildman–Crippen MR) is 93.5 cm³/mol. The molecular weight excluding hydrogens is 306 g/mol. The first-order valence-electron chi connectivity index (χ1n) is 8.58. The number of amides is 2.